The van der Waals surface area contributed by atoms with Gasteiger partial charge in [0, 0.05) is 26.6 Å². The van der Waals surface area contributed by atoms with Gasteiger partial charge in [0.25, 0.3) is 5.91 Å². The fourth-order valence-electron chi connectivity index (χ4n) is 3.80. The second kappa shape index (κ2) is 5.08. The van der Waals surface area contributed by atoms with Gasteiger partial charge in [-0.15, -0.1) is 0 Å². The van der Waals surface area contributed by atoms with Gasteiger partial charge in [0.2, 0.25) is 0 Å². The molecule has 2 aliphatic rings. The van der Waals surface area contributed by atoms with Crippen molar-refractivity contribution in [3.05, 3.63) is 17.3 Å². The highest BCUT2D eigenvalue weighted by molar-refractivity contribution is 5.94. The molecular weight excluding hydrogens is 286 g/mol. The number of fused-ring (bicyclic) bond motifs is 1. The average molecular weight is 307 g/mol. The molecule has 0 aromatic carbocycles. The fourth-order valence-corrected chi connectivity index (χ4v) is 3.80. The van der Waals surface area contributed by atoms with Gasteiger partial charge in [-0.2, -0.15) is 0 Å². The minimum Gasteiger partial charge on any atom is -0.481 e. The van der Waals surface area contributed by atoms with Crippen molar-refractivity contribution in [3.63, 3.8) is 0 Å². The number of aliphatic carboxylic acids is 1. The lowest BCUT2D eigenvalue weighted by atomic mass is 9.73. The van der Waals surface area contributed by atoms with E-state index in [2.05, 4.69) is 4.98 Å². The highest BCUT2D eigenvalue weighted by atomic mass is 16.4. The lowest BCUT2D eigenvalue weighted by Crippen LogP contribution is -2.52. The SMILES string of the molecule is Cc1nc(C(=O)N2C[C@@H]3CCN(C)C[C@]3(C(=O)O)C2)c(C)o1. The lowest BCUT2D eigenvalue weighted by molar-refractivity contribution is -0.153. The number of amides is 1. The Hall–Kier alpha value is -1.89. The van der Waals surface area contributed by atoms with Crippen LogP contribution in [0.15, 0.2) is 4.42 Å². The normalized spacial score (nSPS) is 28.7. The van der Waals surface area contributed by atoms with Crippen LogP contribution in [-0.2, 0) is 4.79 Å². The van der Waals surface area contributed by atoms with Crippen LogP contribution in [0.3, 0.4) is 0 Å². The fraction of sp³-hybridized carbons (Fsp3) is 0.667. The molecule has 7 nitrogen and oxygen atoms in total. The first-order valence-corrected chi connectivity index (χ1v) is 7.49. The van der Waals surface area contributed by atoms with Gasteiger partial charge in [-0.1, -0.05) is 0 Å². The van der Waals surface area contributed by atoms with Gasteiger partial charge >= 0.3 is 5.97 Å². The number of hydrogen-bond acceptors (Lipinski definition) is 5. The van der Waals surface area contributed by atoms with E-state index in [0.29, 0.717) is 30.4 Å². The monoisotopic (exact) mass is 307 g/mol. The van der Waals surface area contributed by atoms with Crippen molar-refractivity contribution in [2.45, 2.75) is 20.3 Å². The summed E-state index contributed by atoms with van der Waals surface area (Å²) in [6.45, 7) is 5.46. The molecule has 2 saturated heterocycles. The Morgan fingerprint density at radius 2 is 2.09 bits per heavy atom. The van der Waals surface area contributed by atoms with Crippen molar-refractivity contribution in [2.75, 3.05) is 33.2 Å². The number of nitrogens with zero attached hydrogens (tertiary/aromatic N) is 3. The summed E-state index contributed by atoms with van der Waals surface area (Å²) < 4.78 is 5.32. The molecule has 120 valence electrons. The number of carboxylic acid groups (broad SMARTS) is 1. The van der Waals surface area contributed by atoms with Crippen LogP contribution in [0.1, 0.15) is 28.6 Å². The third-order valence-electron chi connectivity index (χ3n) is 4.93. The van der Waals surface area contributed by atoms with Crippen LogP contribution >= 0.6 is 0 Å². The van der Waals surface area contributed by atoms with E-state index in [0.717, 1.165) is 13.0 Å². The van der Waals surface area contributed by atoms with E-state index >= 15 is 0 Å². The van der Waals surface area contributed by atoms with Gasteiger partial charge in [-0.25, -0.2) is 4.98 Å². The van der Waals surface area contributed by atoms with E-state index in [1.807, 2.05) is 11.9 Å². The van der Waals surface area contributed by atoms with Crippen molar-refractivity contribution in [3.8, 4) is 0 Å². The summed E-state index contributed by atoms with van der Waals surface area (Å²) in [6.07, 6.45) is 0.795. The Bertz CT molecular complexity index is 626. The molecule has 0 unspecified atom stereocenters. The second-order valence-corrected chi connectivity index (χ2v) is 6.51. The molecule has 3 rings (SSSR count). The van der Waals surface area contributed by atoms with Crippen LogP contribution in [0.2, 0.25) is 0 Å². The quantitative estimate of drug-likeness (QED) is 0.868. The number of oxazole rings is 1. The van der Waals surface area contributed by atoms with E-state index in [-0.39, 0.29) is 18.4 Å². The van der Waals surface area contributed by atoms with E-state index in [1.54, 1.807) is 18.7 Å². The molecule has 0 radical (unpaired) electrons. The minimum atomic E-state index is -0.866. The van der Waals surface area contributed by atoms with E-state index in [1.165, 1.54) is 0 Å². The minimum absolute atomic E-state index is 0.00143. The van der Waals surface area contributed by atoms with Crippen LogP contribution < -0.4 is 0 Å². The first-order chi connectivity index (χ1) is 10.3. The highest BCUT2D eigenvalue weighted by Crippen LogP contribution is 2.42. The Morgan fingerprint density at radius 3 is 2.68 bits per heavy atom. The zero-order valence-corrected chi connectivity index (χ0v) is 13.1. The highest BCUT2D eigenvalue weighted by Gasteiger charge is 2.55. The van der Waals surface area contributed by atoms with Gasteiger partial charge in [-0.05, 0) is 32.9 Å². The topological polar surface area (TPSA) is 86.9 Å². The van der Waals surface area contributed by atoms with Gasteiger partial charge in [0.05, 0.1) is 0 Å². The molecule has 2 fully saturated rings. The molecule has 2 aliphatic heterocycles. The molecule has 2 atom stereocenters. The summed E-state index contributed by atoms with van der Waals surface area (Å²) in [5.41, 5.74) is -0.569. The number of carbonyl (C=O) groups is 2. The maximum atomic E-state index is 12.7. The van der Waals surface area contributed by atoms with Crippen LogP contribution in [0.25, 0.3) is 0 Å². The predicted molar refractivity (Wildman–Crippen MR) is 77.6 cm³/mol. The summed E-state index contributed by atoms with van der Waals surface area (Å²) in [5.74, 6) is -0.109. The summed E-state index contributed by atoms with van der Waals surface area (Å²) >= 11 is 0. The Labute approximate surface area is 128 Å². The number of aromatic nitrogens is 1. The van der Waals surface area contributed by atoms with Gasteiger partial charge < -0.3 is 19.3 Å². The number of hydrogen-bond donors (Lipinski definition) is 1. The molecule has 1 aromatic heterocycles. The Morgan fingerprint density at radius 1 is 1.36 bits per heavy atom. The van der Waals surface area contributed by atoms with Crippen molar-refractivity contribution < 1.29 is 19.1 Å². The molecule has 22 heavy (non-hydrogen) atoms. The molecule has 0 saturated carbocycles. The zero-order valence-electron chi connectivity index (χ0n) is 13.1. The lowest BCUT2D eigenvalue weighted by Gasteiger charge is -2.39. The Balaban J connectivity index is 1.87. The smallest absolute Gasteiger partial charge is 0.313 e. The summed E-state index contributed by atoms with van der Waals surface area (Å²) in [7, 11) is 1.93. The average Bonchev–Trinajstić information content (AvgIpc) is 2.98. The molecular formula is C15H21N3O4. The number of carbonyl (C=O) groups excluding carboxylic acids is 1. The molecule has 0 spiro atoms. The number of rotatable bonds is 2. The maximum absolute atomic E-state index is 12.7. The van der Waals surface area contributed by atoms with Gasteiger partial charge in [0.15, 0.2) is 11.6 Å². The van der Waals surface area contributed by atoms with E-state index in [4.69, 9.17) is 4.42 Å². The predicted octanol–water partition coefficient (Wildman–Crippen LogP) is 0.770. The van der Waals surface area contributed by atoms with E-state index in [9.17, 15) is 14.7 Å². The molecule has 0 aliphatic carbocycles. The second-order valence-electron chi connectivity index (χ2n) is 6.51. The molecule has 7 heteroatoms. The molecule has 0 bridgehead atoms. The van der Waals surface area contributed by atoms with Crippen molar-refractivity contribution >= 4 is 11.9 Å². The van der Waals surface area contributed by atoms with Gasteiger partial charge in [-0.3, -0.25) is 9.59 Å². The number of likely N-dealkylation sites (tertiary alicyclic amines) is 2. The summed E-state index contributed by atoms with van der Waals surface area (Å²) in [5, 5.41) is 9.75. The molecule has 3 heterocycles. The van der Waals surface area contributed by atoms with Crippen molar-refractivity contribution in [1.82, 2.24) is 14.8 Å². The number of piperidine rings is 1. The van der Waals surface area contributed by atoms with Crippen LogP contribution in [-0.4, -0.2) is 65.0 Å². The molecule has 1 aromatic rings. The van der Waals surface area contributed by atoms with Crippen molar-refractivity contribution in [2.24, 2.45) is 11.3 Å². The summed E-state index contributed by atoms with van der Waals surface area (Å²) in [4.78, 5) is 32.3. The first-order valence-electron chi connectivity index (χ1n) is 7.49. The number of aryl methyl sites for hydroxylation is 2. The zero-order chi connectivity index (χ0) is 16.1. The van der Waals surface area contributed by atoms with Crippen LogP contribution in [0, 0.1) is 25.2 Å². The van der Waals surface area contributed by atoms with Gasteiger partial charge in [0.1, 0.15) is 11.2 Å². The van der Waals surface area contributed by atoms with Crippen LogP contribution in [0.5, 0.6) is 0 Å². The van der Waals surface area contributed by atoms with E-state index < -0.39 is 11.4 Å². The maximum Gasteiger partial charge on any atom is 0.313 e. The number of carboxylic acids is 1. The third kappa shape index (κ3) is 2.20. The van der Waals surface area contributed by atoms with Crippen LogP contribution in [0.4, 0.5) is 0 Å². The first kappa shape index (κ1) is 15.0. The summed E-state index contributed by atoms with van der Waals surface area (Å²) in [6, 6.07) is 0. The molecule has 1 N–H and O–H groups in total. The van der Waals surface area contributed by atoms with Crippen molar-refractivity contribution in [1.29, 1.82) is 0 Å². The third-order valence-corrected chi connectivity index (χ3v) is 4.93. The Kier molecular flexibility index (Phi) is 3.47. The largest absolute Gasteiger partial charge is 0.481 e. The standard InChI is InChI=1S/C15H21N3O4/c1-9-12(16-10(2)22-9)13(19)18-6-11-4-5-17(3)7-15(11,8-18)14(20)21/h11H,4-8H2,1-3H3,(H,20,21)/t11-,15-/m0/s1. The molecule has 1 amide bonds.